The number of amides is 1. The van der Waals surface area contributed by atoms with Crippen LogP contribution in [0.5, 0.6) is 0 Å². The number of benzene rings is 2. The third-order valence-electron chi connectivity index (χ3n) is 2.83. The molecule has 0 radical (unpaired) electrons. The third-order valence-corrected chi connectivity index (χ3v) is 4.35. The van der Waals surface area contributed by atoms with E-state index < -0.39 is 16.0 Å². The van der Waals surface area contributed by atoms with E-state index in [0.29, 0.717) is 10.6 Å². The molecule has 0 aliphatic heterocycles. The molecular weight excluding hydrogens is 333 g/mol. The lowest BCUT2D eigenvalue weighted by Gasteiger charge is -2.25. The highest BCUT2D eigenvalue weighted by Crippen LogP contribution is 2.40. The van der Waals surface area contributed by atoms with Gasteiger partial charge in [0.25, 0.3) is 0 Å². The van der Waals surface area contributed by atoms with E-state index in [1.54, 1.807) is 36.4 Å². The SMILES string of the molecule is NC(=O)[C@](Br)(c1ccc(Cl)cc1)c1ccccc1F. The van der Waals surface area contributed by atoms with Gasteiger partial charge in [0, 0.05) is 10.6 Å². The Balaban J connectivity index is 2.65. The maximum Gasteiger partial charge on any atom is 0.243 e. The van der Waals surface area contributed by atoms with Crippen LogP contribution in [0.25, 0.3) is 0 Å². The van der Waals surface area contributed by atoms with Crippen LogP contribution < -0.4 is 5.73 Å². The van der Waals surface area contributed by atoms with Crippen LogP contribution >= 0.6 is 27.5 Å². The van der Waals surface area contributed by atoms with Gasteiger partial charge >= 0.3 is 0 Å². The number of nitrogens with two attached hydrogens (primary N) is 1. The van der Waals surface area contributed by atoms with Crippen molar-refractivity contribution in [1.29, 1.82) is 0 Å². The molecule has 0 saturated carbocycles. The Bertz CT molecular complexity index is 617. The number of hydrogen-bond acceptors (Lipinski definition) is 1. The summed E-state index contributed by atoms with van der Waals surface area (Å²) >= 11 is 9.10. The van der Waals surface area contributed by atoms with Crippen molar-refractivity contribution in [2.24, 2.45) is 5.73 Å². The minimum absolute atomic E-state index is 0.171. The van der Waals surface area contributed by atoms with Gasteiger partial charge in [-0.1, -0.05) is 57.9 Å². The van der Waals surface area contributed by atoms with Crippen molar-refractivity contribution >= 4 is 33.4 Å². The third kappa shape index (κ3) is 2.51. The number of primary amides is 1. The first kappa shape index (κ1) is 14.0. The summed E-state index contributed by atoms with van der Waals surface area (Å²) in [4.78, 5) is 11.8. The summed E-state index contributed by atoms with van der Waals surface area (Å²) in [6.07, 6.45) is 0. The van der Waals surface area contributed by atoms with E-state index >= 15 is 0 Å². The van der Waals surface area contributed by atoms with E-state index in [1.807, 2.05) is 0 Å². The summed E-state index contributed by atoms with van der Waals surface area (Å²) in [5.41, 5.74) is 6.15. The average molecular weight is 343 g/mol. The molecule has 98 valence electrons. The topological polar surface area (TPSA) is 43.1 Å². The minimum atomic E-state index is -1.41. The first-order valence-corrected chi connectivity index (χ1v) is 6.63. The highest BCUT2D eigenvalue weighted by molar-refractivity contribution is 9.10. The van der Waals surface area contributed by atoms with Crippen molar-refractivity contribution in [3.05, 3.63) is 70.5 Å². The van der Waals surface area contributed by atoms with E-state index in [0.717, 1.165) is 0 Å². The number of hydrogen-bond donors (Lipinski definition) is 1. The van der Waals surface area contributed by atoms with Crippen LogP contribution in [-0.2, 0) is 9.12 Å². The number of rotatable bonds is 3. The van der Waals surface area contributed by atoms with Crippen molar-refractivity contribution in [3.8, 4) is 0 Å². The van der Waals surface area contributed by atoms with Gasteiger partial charge in [0.05, 0.1) is 0 Å². The second kappa shape index (κ2) is 5.31. The van der Waals surface area contributed by atoms with Gasteiger partial charge in [-0.2, -0.15) is 0 Å². The number of alkyl halides is 1. The zero-order valence-electron chi connectivity index (χ0n) is 9.74. The molecule has 0 aliphatic rings. The quantitative estimate of drug-likeness (QED) is 0.851. The fourth-order valence-electron chi connectivity index (χ4n) is 1.85. The van der Waals surface area contributed by atoms with Crippen molar-refractivity contribution in [2.45, 2.75) is 4.32 Å². The molecule has 2 nitrogen and oxygen atoms in total. The molecule has 0 bridgehead atoms. The average Bonchev–Trinajstić information content (AvgIpc) is 2.39. The molecule has 0 aliphatic carbocycles. The second-order valence-electron chi connectivity index (χ2n) is 4.01. The van der Waals surface area contributed by atoms with Crippen molar-refractivity contribution < 1.29 is 9.18 Å². The van der Waals surface area contributed by atoms with E-state index in [4.69, 9.17) is 17.3 Å². The van der Waals surface area contributed by atoms with Crippen LogP contribution in [0, 0.1) is 5.82 Å². The summed E-state index contributed by atoms with van der Waals surface area (Å²) in [5, 5.41) is 0.525. The molecule has 2 aromatic rings. The summed E-state index contributed by atoms with van der Waals surface area (Å²) < 4.78 is 12.5. The molecule has 0 unspecified atom stereocenters. The molecule has 0 saturated heterocycles. The van der Waals surface area contributed by atoms with Crippen molar-refractivity contribution in [3.63, 3.8) is 0 Å². The molecule has 0 spiro atoms. The minimum Gasteiger partial charge on any atom is -0.368 e. The van der Waals surface area contributed by atoms with Gasteiger partial charge in [0.1, 0.15) is 5.82 Å². The molecule has 1 atom stereocenters. The molecule has 0 heterocycles. The molecule has 0 fully saturated rings. The molecule has 19 heavy (non-hydrogen) atoms. The lowest BCUT2D eigenvalue weighted by atomic mass is 9.90. The standard InChI is InChI=1S/C14H10BrClFNO/c15-14(13(18)19,9-5-7-10(16)8-6-9)11-3-1-2-4-12(11)17/h1-8H,(H2,18,19)/t14-/m0/s1. The molecular formula is C14H10BrClFNO. The Kier molecular flexibility index (Phi) is 3.92. The van der Waals surface area contributed by atoms with Gasteiger partial charge in [-0.15, -0.1) is 0 Å². The number of carbonyl (C=O) groups excluding carboxylic acids is 1. The number of carbonyl (C=O) groups is 1. The van der Waals surface area contributed by atoms with Crippen LogP contribution in [0.4, 0.5) is 4.39 Å². The van der Waals surface area contributed by atoms with E-state index in [1.165, 1.54) is 12.1 Å². The molecule has 2 aromatic carbocycles. The Labute approximate surface area is 123 Å². The smallest absolute Gasteiger partial charge is 0.243 e. The maximum absolute atomic E-state index is 13.9. The first-order chi connectivity index (χ1) is 8.96. The summed E-state index contributed by atoms with van der Waals surface area (Å²) in [5.74, 6) is -1.20. The Morgan fingerprint density at radius 3 is 2.26 bits per heavy atom. The van der Waals surface area contributed by atoms with Gasteiger partial charge in [-0.25, -0.2) is 4.39 Å². The predicted molar refractivity (Wildman–Crippen MR) is 76.8 cm³/mol. The molecule has 5 heteroatoms. The lowest BCUT2D eigenvalue weighted by Crippen LogP contribution is -2.37. The van der Waals surface area contributed by atoms with Gasteiger partial charge < -0.3 is 5.73 Å². The van der Waals surface area contributed by atoms with E-state index in [2.05, 4.69) is 15.9 Å². The van der Waals surface area contributed by atoms with Gasteiger partial charge in [-0.05, 0) is 23.8 Å². The first-order valence-electron chi connectivity index (χ1n) is 5.46. The summed E-state index contributed by atoms with van der Waals surface area (Å²) in [6, 6.07) is 12.5. The normalized spacial score (nSPS) is 13.8. The molecule has 2 rings (SSSR count). The van der Waals surface area contributed by atoms with Crippen molar-refractivity contribution in [1.82, 2.24) is 0 Å². The largest absolute Gasteiger partial charge is 0.368 e. The van der Waals surface area contributed by atoms with Crippen molar-refractivity contribution in [2.75, 3.05) is 0 Å². The Hall–Kier alpha value is -1.39. The van der Waals surface area contributed by atoms with Crippen LogP contribution in [0.1, 0.15) is 11.1 Å². The maximum atomic E-state index is 13.9. The lowest BCUT2D eigenvalue weighted by molar-refractivity contribution is -0.119. The van der Waals surface area contributed by atoms with Crippen LogP contribution in [-0.4, -0.2) is 5.91 Å². The Morgan fingerprint density at radius 1 is 1.16 bits per heavy atom. The van der Waals surface area contributed by atoms with E-state index in [-0.39, 0.29) is 5.56 Å². The second-order valence-corrected chi connectivity index (χ2v) is 5.64. The summed E-state index contributed by atoms with van der Waals surface area (Å²) in [7, 11) is 0. The molecule has 2 N–H and O–H groups in total. The fourth-order valence-corrected chi connectivity index (χ4v) is 2.56. The highest BCUT2D eigenvalue weighted by Gasteiger charge is 2.39. The highest BCUT2D eigenvalue weighted by atomic mass is 79.9. The van der Waals surface area contributed by atoms with Crippen LogP contribution in [0.15, 0.2) is 48.5 Å². The Morgan fingerprint density at radius 2 is 1.74 bits per heavy atom. The summed E-state index contributed by atoms with van der Waals surface area (Å²) in [6.45, 7) is 0. The molecule has 0 aromatic heterocycles. The van der Waals surface area contributed by atoms with E-state index in [9.17, 15) is 9.18 Å². The van der Waals surface area contributed by atoms with Gasteiger partial charge in [0.2, 0.25) is 5.91 Å². The predicted octanol–water partition coefficient (Wildman–Crippen LogP) is 3.60. The molecule has 1 amide bonds. The fraction of sp³-hybridized carbons (Fsp3) is 0.0714. The zero-order valence-corrected chi connectivity index (χ0v) is 12.1. The van der Waals surface area contributed by atoms with Gasteiger partial charge in [-0.3, -0.25) is 4.79 Å². The van der Waals surface area contributed by atoms with Crippen LogP contribution in [0.2, 0.25) is 5.02 Å². The number of halogens is 3. The van der Waals surface area contributed by atoms with Crippen LogP contribution in [0.3, 0.4) is 0 Å². The monoisotopic (exact) mass is 341 g/mol. The van der Waals surface area contributed by atoms with Gasteiger partial charge in [0.15, 0.2) is 4.32 Å². The zero-order chi connectivity index (χ0) is 14.0.